The summed E-state index contributed by atoms with van der Waals surface area (Å²) in [5.74, 6) is -0.732. The summed E-state index contributed by atoms with van der Waals surface area (Å²) in [6.07, 6.45) is 3.42. The number of nitrogens with one attached hydrogen (secondary N) is 1. The van der Waals surface area contributed by atoms with Crippen LogP contribution < -0.4 is 5.32 Å². The number of carbonyl (C=O) groups excluding carboxylic acids is 1. The first kappa shape index (κ1) is 15.1. The quantitative estimate of drug-likeness (QED) is 0.822. The Morgan fingerprint density at radius 1 is 1.30 bits per heavy atom. The molecule has 2 aliphatic heterocycles. The maximum Gasteiger partial charge on any atom is 0.317 e. The van der Waals surface area contributed by atoms with E-state index >= 15 is 0 Å². The largest absolute Gasteiger partial charge is 0.481 e. The number of amides is 2. The molecule has 2 saturated heterocycles. The van der Waals surface area contributed by atoms with Crippen LogP contribution in [0.15, 0.2) is 0 Å². The number of aliphatic carboxylic acids is 1. The zero-order chi connectivity index (χ0) is 14.6. The van der Waals surface area contributed by atoms with E-state index < -0.39 is 11.4 Å². The molecule has 0 spiro atoms. The molecule has 2 amide bonds. The number of nitrogens with zero attached hydrogens (tertiary/aromatic N) is 1. The van der Waals surface area contributed by atoms with E-state index in [9.17, 15) is 14.7 Å². The molecule has 6 heteroatoms. The highest BCUT2D eigenvalue weighted by atomic mass is 16.5. The van der Waals surface area contributed by atoms with Gasteiger partial charge in [-0.2, -0.15) is 0 Å². The van der Waals surface area contributed by atoms with Gasteiger partial charge in [0.2, 0.25) is 0 Å². The van der Waals surface area contributed by atoms with Crippen LogP contribution in [0.4, 0.5) is 4.79 Å². The third-order valence-electron chi connectivity index (χ3n) is 4.69. The molecular formula is C14H24N2O4. The van der Waals surface area contributed by atoms with Gasteiger partial charge in [0.1, 0.15) is 0 Å². The lowest BCUT2D eigenvalue weighted by Gasteiger charge is -2.39. The zero-order valence-corrected chi connectivity index (χ0v) is 12.1. The third-order valence-corrected chi connectivity index (χ3v) is 4.69. The van der Waals surface area contributed by atoms with Gasteiger partial charge in [0, 0.05) is 32.3 Å². The molecule has 2 fully saturated rings. The Hall–Kier alpha value is -1.30. The Balaban J connectivity index is 1.83. The predicted octanol–water partition coefficient (Wildman–Crippen LogP) is 1.45. The van der Waals surface area contributed by atoms with Crippen molar-refractivity contribution < 1.29 is 19.4 Å². The van der Waals surface area contributed by atoms with Crippen molar-refractivity contribution in [2.45, 2.75) is 45.1 Å². The molecule has 2 heterocycles. The first-order valence-electron chi connectivity index (χ1n) is 7.44. The molecule has 0 aliphatic carbocycles. The fraction of sp³-hybridized carbons (Fsp3) is 0.857. The van der Waals surface area contributed by atoms with Gasteiger partial charge in [-0.25, -0.2) is 4.79 Å². The molecule has 0 aromatic rings. The number of urea groups is 1. The molecule has 0 atom stereocenters. The van der Waals surface area contributed by atoms with Gasteiger partial charge < -0.3 is 20.1 Å². The molecule has 0 bridgehead atoms. The summed E-state index contributed by atoms with van der Waals surface area (Å²) in [6, 6.07) is 0.126. The third kappa shape index (κ3) is 3.23. The van der Waals surface area contributed by atoms with Crippen LogP contribution in [0.2, 0.25) is 0 Å². The minimum Gasteiger partial charge on any atom is -0.481 e. The summed E-state index contributed by atoms with van der Waals surface area (Å²) in [6.45, 7) is 4.35. The molecule has 2 rings (SSSR count). The first-order chi connectivity index (χ1) is 9.57. The topological polar surface area (TPSA) is 78.9 Å². The van der Waals surface area contributed by atoms with Gasteiger partial charge in [0.05, 0.1) is 5.41 Å². The second-order valence-electron chi connectivity index (χ2n) is 5.76. The van der Waals surface area contributed by atoms with Crippen molar-refractivity contribution in [3.05, 3.63) is 0 Å². The van der Waals surface area contributed by atoms with Crippen molar-refractivity contribution in [3.8, 4) is 0 Å². The van der Waals surface area contributed by atoms with Gasteiger partial charge in [-0.3, -0.25) is 4.79 Å². The summed E-state index contributed by atoms with van der Waals surface area (Å²) < 4.78 is 5.26. The molecular weight excluding hydrogens is 260 g/mol. The highest BCUT2D eigenvalue weighted by Gasteiger charge is 2.40. The Morgan fingerprint density at radius 3 is 2.40 bits per heavy atom. The SMILES string of the molecule is CCC1(C(=O)O)CCN(C(=O)NC2CCOCC2)CC1. The van der Waals surface area contributed by atoms with Gasteiger partial charge >= 0.3 is 12.0 Å². The second-order valence-corrected chi connectivity index (χ2v) is 5.76. The molecule has 114 valence electrons. The zero-order valence-electron chi connectivity index (χ0n) is 12.1. The molecule has 0 unspecified atom stereocenters. The minimum atomic E-state index is -0.732. The van der Waals surface area contributed by atoms with Crippen LogP contribution in [-0.4, -0.2) is 54.4 Å². The van der Waals surface area contributed by atoms with Crippen LogP contribution in [0, 0.1) is 5.41 Å². The van der Waals surface area contributed by atoms with Gasteiger partial charge in [-0.1, -0.05) is 6.92 Å². The highest BCUT2D eigenvalue weighted by Crippen LogP contribution is 2.35. The van der Waals surface area contributed by atoms with Crippen LogP contribution in [0.5, 0.6) is 0 Å². The number of carboxylic acid groups (broad SMARTS) is 1. The average molecular weight is 284 g/mol. The Kier molecular flexibility index (Phi) is 4.86. The number of ether oxygens (including phenoxy) is 1. The van der Waals surface area contributed by atoms with Crippen LogP contribution in [0.1, 0.15) is 39.0 Å². The number of hydrogen-bond donors (Lipinski definition) is 2. The molecule has 2 N–H and O–H groups in total. The van der Waals surface area contributed by atoms with Crippen LogP contribution >= 0.6 is 0 Å². The number of piperidine rings is 1. The van der Waals surface area contributed by atoms with E-state index in [1.165, 1.54) is 0 Å². The lowest BCUT2D eigenvalue weighted by atomic mass is 9.76. The lowest BCUT2D eigenvalue weighted by molar-refractivity contribution is -0.151. The van der Waals surface area contributed by atoms with E-state index in [2.05, 4.69) is 5.32 Å². The van der Waals surface area contributed by atoms with Crippen molar-refractivity contribution in [2.24, 2.45) is 5.41 Å². The minimum absolute atomic E-state index is 0.0630. The standard InChI is InChI=1S/C14H24N2O4/c1-2-14(12(17)18)5-7-16(8-6-14)13(19)15-11-3-9-20-10-4-11/h11H,2-10H2,1H3,(H,15,19)(H,17,18). The number of likely N-dealkylation sites (tertiary alicyclic amines) is 1. The summed E-state index contributed by atoms with van der Waals surface area (Å²) >= 11 is 0. The molecule has 20 heavy (non-hydrogen) atoms. The van der Waals surface area contributed by atoms with E-state index in [0.29, 0.717) is 45.6 Å². The fourth-order valence-corrected chi connectivity index (χ4v) is 2.96. The van der Waals surface area contributed by atoms with Crippen LogP contribution in [-0.2, 0) is 9.53 Å². The summed E-state index contributed by atoms with van der Waals surface area (Å²) in [5, 5.41) is 12.4. The fourth-order valence-electron chi connectivity index (χ4n) is 2.96. The molecule has 0 aromatic heterocycles. The molecule has 0 radical (unpaired) electrons. The lowest BCUT2D eigenvalue weighted by Crippen LogP contribution is -2.52. The van der Waals surface area contributed by atoms with Crippen molar-refractivity contribution >= 4 is 12.0 Å². The average Bonchev–Trinajstić information content (AvgIpc) is 2.48. The maximum atomic E-state index is 12.2. The highest BCUT2D eigenvalue weighted by molar-refractivity contribution is 5.77. The van der Waals surface area contributed by atoms with E-state index in [1.807, 2.05) is 6.92 Å². The number of hydrogen-bond acceptors (Lipinski definition) is 3. The molecule has 0 aromatic carbocycles. The Labute approximate surface area is 119 Å². The van der Waals surface area contributed by atoms with Gasteiger partial charge in [0.15, 0.2) is 0 Å². The number of carboxylic acids is 1. The van der Waals surface area contributed by atoms with E-state index in [-0.39, 0.29) is 12.1 Å². The van der Waals surface area contributed by atoms with Gasteiger partial charge in [-0.05, 0) is 32.1 Å². The maximum absolute atomic E-state index is 12.2. The Morgan fingerprint density at radius 2 is 1.90 bits per heavy atom. The van der Waals surface area contributed by atoms with E-state index in [4.69, 9.17) is 4.74 Å². The van der Waals surface area contributed by atoms with Crippen LogP contribution in [0.25, 0.3) is 0 Å². The second kappa shape index (κ2) is 6.43. The normalized spacial score (nSPS) is 23.4. The monoisotopic (exact) mass is 284 g/mol. The van der Waals surface area contributed by atoms with Crippen molar-refractivity contribution in [1.29, 1.82) is 0 Å². The summed E-state index contributed by atoms with van der Waals surface area (Å²) in [7, 11) is 0. The summed E-state index contributed by atoms with van der Waals surface area (Å²) in [5.41, 5.74) is -0.643. The number of carbonyl (C=O) groups is 2. The molecule has 2 aliphatic rings. The smallest absolute Gasteiger partial charge is 0.317 e. The molecule has 6 nitrogen and oxygen atoms in total. The van der Waals surface area contributed by atoms with Crippen LogP contribution in [0.3, 0.4) is 0 Å². The van der Waals surface area contributed by atoms with Gasteiger partial charge in [0.25, 0.3) is 0 Å². The Bertz CT molecular complexity index is 358. The predicted molar refractivity (Wildman–Crippen MR) is 73.5 cm³/mol. The van der Waals surface area contributed by atoms with Crippen molar-refractivity contribution in [2.75, 3.05) is 26.3 Å². The van der Waals surface area contributed by atoms with Crippen molar-refractivity contribution in [1.82, 2.24) is 10.2 Å². The van der Waals surface area contributed by atoms with E-state index in [1.54, 1.807) is 4.90 Å². The van der Waals surface area contributed by atoms with E-state index in [0.717, 1.165) is 12.8 Å². The summed E-state index contributed by atoms with van der Waals surface area (Å²) in [4.78, 5) is 25.3. The van der Waals surface area contributed by atoms with Gasteiger partial charge in [-0.15, -0.1) is 0 Å². The molecule has 0 saturated carbocycles. The number of rotatable bonds is 3. The van der Waals surface area contributed by atoms with Crippen molar-refractivity contribution in [3.63, 3.8) is 0 Å². The first-order valence-corrected chi connectivity index (χ1v) is 7.44.